The molecule has 0 aromatic heterocycles. The smallest absolute Gasteiger partial charge is 0.305 e. The number of hydrogen-bond acceptors (Lipinski definition) is 5. The van der Waals surface area contributed by atoms with Crippen LogP contribution < -0.4 is 5.32 Å². The Labute approximate surface area is 419 Å². The fraction of sp³-hybridized carbons (Fsp3) is 0.934. The molecule has 0 fully saturated rings. The van der Waals surface area contributed by atoms with Crippen LogP contribution >= 0.6 is 0 Å². The van der Waals surface area contributed by atoms with Gasteiger partial charge in [-0.25, -0.2) is 0 Å². The largest absolute Gasteiger partial charge is 0.466 e. The van der Waals surface area contributed by atoms with Gasteiger partial charge in [0, 0.05) is 12.8 Å². The Hall–Kier alpha value is -1.40. The number of hydrogen-bond donors (Lipinski definition) is 3. The Morgan fingerprint density at radius 2 is 0.687 bits per heavy atom. The molecule has 0 rings (SSSR count). The fourth-order valence-electron chi connectivity index (χ4n) is 9.64. The van der Waals surface area contributed by atoms with Crippen LogP contribution in [-0.2, 0) is 14.3 Å². The predicted octanol–water partition coefficient (Wildman–Crippen LogP) is 18.9. The molecule has 0 aliphatic heterocycles. The van der Waals surface area contributed by atoms with Crippen LogP contribution in [0.5, 0.6) is 0 Å². The van der Waals surface area contributed by atoms with Crippen LogP contribution in [0.25, 0.3) is 0 Å². The molecule has 6 nitrogen and oxygen atoms in total. The van der Waals surface area contributed by atoms with E-state index >= 15 is 0 Å². The lowest BCUT2D eigenvalue weighted by atomic mass is 10.0. The lowest BCUT2D eigenvalue weighted by molar-refractivity contribution is -0.143. The summed E-state index contributed by atoms with van der Waals surface area (Å²) >= 11 is 0. The standard InChI is InChI=1S/C61H119NO5/c1-3-5-7-9-11-13-15-17-27-30-33-37-41-45-49-53-59(64)58(57-63)62-60(65)54-50-46-42-38-34-31-28-25-23-21-19-18-20-22-24-26-29-32-36-40-44-48-52-56-67-61(66)55-51-47-43-39-35-16-14-12-10-8-6-4-2/h49,53,58-59,63-64H,3-48,50-52,54-57H2,1-2H3,(H,62,65)/b53-49+. The van der Waals surface area contributed by atoms with Crippen molar-refractivity contribution in [2.24, 2.45) is 0 Å². The third-order valence-electron chi connectivity index (χ3n) is 14.3. The van der Waals surface area contributed by atoms with Gasteiger partial charge in [-0.15, -0.1) is 0 Å². The Balaban J connectivity index is 3.38. The van der Waals surface area contributed by atoms with Gasteiger partial charge in [0.15, 0.2) is 0 Å². The molecule has 2 atom stereocenters. The van der Waals surface area contributed by atoms with Crippen LogP contribution in [-0.4, -0.2) is 47.4 Å². The monoisotopic (exact) mass is 946 g/mol. The van der Waals surface area contributed by atoms with Crippen molar-refractivity contribution < 1.29 is 24.5 Å². The molecule has 0 radical (unpaired) electrons. The molecular weight excluding hydrogens is 827 g/mol. The van der Waals surface area contributed by atoms with Crippen molar-refractivity contribution in [1.29, 1.82) is 0 Å². The van der Waals surface area contributed by atoms with E-state index in [0.29, 0.717) is 19.4 Å². The van der Waals surface area contributed by atoms with E-state index in [-0.39, 0.29) is 18.5 Å². The molecule has 0 aliphatic carbocycles. The van der Waals surface area contributed by atoms with Gasteiger partial charge in [-0.1, -0.05) is 309 Å². The molecule has 0 bridgehead atoms. The molecule has 6 heteroatoms. The van der Waals surface area contributed by atoms with Crippen molar-refractivity contribution >= 4 is 11.9 Å². The Kier molecular flexibility index (Phi) is 56.0. The molecule has 3 N–H and O–H groups in total. The quantitative estimate of drug-likeness (QED) is 0.0321. The SMILES string of the molecule is CCCCCCCCCCCCCCC/C=C/C(O)C(CO)NC(=O)CCCCCCCCCCCCCCCCCCCCCCCCCOC(=O)CCCCCCCCCCCCCC. The highest BCUT2D eigenvalue weighted by atomic mass is 16.5. The van der Waals surface area contributed by atoms with Crippen molar-refractivity contribution in [2.45, 2.75) is 353 Å². The van der Waals surface area contributed by atoms with Gasteiger partial charge < -0.3 is 20.3 Å². The minimum atomic E-state index is -0.843. The van der Waals surface area contributed by atoms with Gasteiger partial charge in [-0.2, -0.15) is 0 Å². The Bertz CT molecular complexity index is 1000. The second-order valence-electron chi connectivity index (χ2n) is 21.0. The van der Waals surface area contributed by atoms with Crippen molar-refractivity contribution in [3.63, 3.8) is 0 Å². The van der Waals surface area contributed by atoms with E-state index in [1.807, 2.05) is 6.08 Å². The van der Waals surface area contributed by atoms with Crippen LogP contribution in [0, 0.1) is 0 Å². The van der Waals surface area contributed by atoms with Crippen molar-refractivity contribution in [2.75, 3.05) is 13.2 Å². The highest BCUT2D eigenvalue weighted by Crippen LogP contribution is 2.18. The summed E-state index contributed by atoms with van der Waals surface area (Å²) in [5.74, 6) is -0.0502. The number of rotatable bonds is 57. The van der Waals surface area contributed by atoms with Crippen molar-refractivity contribution in [3.8, 4) is 0 Å². The first-order valence-corrected chi connectivity index (χ1v) is 30.5. The maximum absolute atomic E-state index is 12.5. The summed E-state index contributed by atoms with van der Waals surface area (Å²) in [6.45, 7) is 4.92. The summed E-state index contributed by atoms with van der Waals surface area (Å²) in [6, 6.07) is -0.626. The number of ether oxygens (including phenoxy) is 1. The predicted molar refractivity (Wildman–Crippen MR) is 292 cm³/mol. The molecule has 67 heavy (non-hydrogen) atoms. The number of unbranched alkanes of at least 4 members (excludes halogenated alkanes) is 46. The molecule has 398 valence electrons. The summed E-state index contributed by atoms with van der Waals surface area (Å²) in [7, 11) is 0. The molecular formula is C61H119NO5. The van der Waals surface area contributed by atoms with Crippen molar-refractivity contribution in [3.05, 3.63) is 12.2 Å². The number of allylic oxidation sites excluding steroid dienone is 1. The maximum atomic E-state index is 12.5. The first-order chi connectivity index (χ1) is 33.0. The number of amides is 1. The normalized spacial score (nSPS) is 12.6. The second-order valence-corrected chi connectivity index (χ2v) is 21.0. The van der Waals surface area contributed by atoms with E-state index in [2.05, 4.69) is 19.2 Å². The van der Waals surface area contributed by atoms with Gasteiger partial charge in [-0.05, 0) is 32.1 Å². The number of carbonyl (C=O) groups is 2. The summed E-state index contributed by atoms with van der Waals surface area (Å²) in [5.41, 5.74) is 0. The lowest BCUT2D eigenvalue weighted by Crippen LogP contribution is -2.45. The zero-order valence-electron chi connectivity index (χ0n) is 45.4. The van der Waals surface area contributed by atoms with Crippen LogP contribution in [0.3, 0.4) is 0 Å². The average Bonchev–Trinajstić information content (AvgIpc) is 3.33. The van der Waals surface area contributed by atoms with Gasteiger partial charge in [0.05, 0.1) is 25.4 Å². The molecule has 2 unspecified atom stereocenters. The zero-order valence-corrected chi connectivity index (χ0v) is 45.4. The summed E-state index contributed by atoms with van der Waals surface area (Å²) in [5, 5.41) is 23.1. The number of esters is 1. The van der Waals surface area contributed by atoms with Gasteiger partial charge in [-0.3, -0.25) is 9.59 Å². The highest BCUT2D eigenvalue weighted by molar-refractivity contribution is 5.76. The number of aliphatic hydroxyl groups excluding tert-OH is 2. The van der Waals surface area contributed by atoms with Gasteiger partial charge in [0.1, 0.15) is 0 Å². The molecule has 0 heterocycles. The number of nitrogens with one attached hydrogen (secondary N) is 1. The first-order valence-electron chi connectivity index (χ1n) is 30.5. The van der Waals surface area contributed by atoms with Crippen LogP contribution in [0.15, 0.2) is 12.2 Å². The minimum absolute atomic E-state index is 0.0151. The summed E-state index contributed by atoms with van der Waals surface area (Å²) in [6.07, 6.45) is 68.2. The Morgan fingerprint density at radius 1 is 0.403 bits per heavy atom. The molecule has 0 aliphatic rings. The van der Waals surface area contributed by atoms with Gasteiger partial charge >= 0.3 is 5.97 Å². The molecule has 1 amide bonds. The second kappa shape index (κ2) is 57.2. The van der Waals surface area contributed by atoms with Crippen molar-refractivity contribution in [1.82, 2.24) is 5.32 Å². The maximum Gasteiger partial charge on any atom is 0.305 e. The number of aliphatic hydroxyl groups is 2. The van der Waals surface area contributed by atoms with Gasteiger partial charge in [0.25, 0.3) is 0 Å². The van der Waals surface area contributed by atoms with E-state index in [1.165, 1.54) is 276 Å². The fourth-order valence-corrected chi connectivity index (χ4v) is 9.64. The third-order valence-corrected chi connectivity index (χ3v) is 14.3. The van der Waals surface area contributed by atoms with E-state index in [1.54, 1.807) is 6.08 Å². The van der Waals surface area contributed by atoms with E-state index in [0.717, 1.165) is 38.5 Å². The van der Waals surface area contributed by atoms with Gasteiger partial charge in [0.2, 0.25) is 5.91 Å². The van der Waals surface area contributed by atoms with Crippen LogP contribution in [0.1, 0.15) is 341 Å². The van der Waals surface area contributed by atoms with E-state index in [9.17, 15) is 19.8 Å². The molecule has 0 aromatic rings. The van der Waals surface area contributed by atoms with E-state index < -0.39 is 12.1 Å². The molecule has 0 spiro atoms. The lowest BCUT2D eigenvalue weighted by Gasteiger charge is -2.20. The molecule has 0 saturated heterocycles. The van der Waals surface area contributed by atoms with E-state index in [4.69, 9.17) is 4.74 Å². The number of carbonyl (C=O) groups excluding carboxylic acids is 2. The van der Waals surface area contributed by atoms with Crippen LogP contribution in [0.2, 0.25) is 0 Å². The summed E-state index contributed by atoms with van der Waals surface area (Å²) < 4.78 is 5.47. The molecule has 0 saturated carbocycles. The average molecular weight is 947 g/mol. The summed E-state index contributed by atoms with van der Waals surface area (Å²) in [4.78, 5) is 24.5. The first kappa shape index (κ1) is 65.6. The zero-order chi connectivity index (χ0) is 48.6. The van der Waals surface area contributed by atoms with Crippen LogP contribution in [0.4, 0.5) is 0 Å². The Morgan fingerprint density at radius 3 is 1.01 bits per heavy atom. The minimum Gasteiger partial charge on any atom is -0.466 e. The highest BCUT2D eigenvalue weighted by Gasteiger charge is 2.18. The topological polar surface area (TPSA) is 95.9 Å². The third kappa shape index (κ3) is 53.8. The molecule has 0 aromatic carbocycles.